The lowest BCUT2D eigenvalue weighted by atomic mass is 10.1. The second kappa shape index (κ2) is 4.48. The van der Waals surface area contributed by atoms with Crippen LogP contribution in [0.5, 0.6) is 0 Å². The molecule has 0 aliphatic rings. The van der Waals surface area contributed by atoms with Crippen LogP contribution in [0.25, 0.3) is 11.1 Å². The number of carboxylic acids is 1. The fourth-order valence-electron chi connectivity index (χ4n) is 1.47. The first-order valence-electron chi connectivity index (χ1n) is 4.85. The number of halogens is 3. The third-order valence-electron chi connectivity index (χ3n) is 2.31. The van der Waals surface area contributed by atoms with Gasteiger partial charge in [0.25, 0.3) is 0 Å². The van der Waals surface area contributed by atoms with Crippen LogP contribution in [0.2, 0.25) is 0 Å². The summed E-state index contributed by atoms with van der Waals surface area (Å²) in [5.41, 5.74) is -1.11. The number of rotatable bonds is 2. The molecule has 0 saturated carbocycles. The van der Waals surface area contributed by atoms with Crippen LogP contribution in [0.1, 0.15) is 10.5 Å². The fraction of sp³-hybridized carbons (Fsp3) is 0. The lowest BCUT2D eigenvalue weighted by molar-refractivity contribution is 0.0689. The third kappa shape index (κ3) is 2.04. The van der Waals surface area contributed by atoms with Gasteiger partial charge < -0.3 is 5.11 Å². The summed E-state index contributed by atoms with van der Waals surface area (Å²) < 4.78 is 40.0. The van der Waals surface area contributed by atoms with Crippen molar-refractivity contribution in [3.63, 3.8) is 0 Å². The van der Waals surface area contributed by atoms with E-state index in [0.717, 1.165) is 18.2 Å². The number of hydrogen-bond acceptors (Lipinski definition) is 2. The molecule has 1 aromatic heterocycles. The lowest BCUT2D eigenvalue weighted by Gasteiger charge is -2.05. The van der Waals surface area contributed by atoms with Crippen molar-refractivity contribution >= 4 is 5.97 Å². The number of pyridine rings is 1. The van der Waals surface area contributed by atoms with E-state index in [9.17, 15) is 18.0 Å². The van der Waals surface area contributed by atoms with Gasteiger partial charge in [-0.25, -0.2) is 18.6 Å². The third-order valence-corrected chi connectivity index (χ3v) is 2.31. The lowest BCUT2D eigenvalue weighted by Crippen LogP contribution is -2.03. The fourth-order valence-corrected chi connectivity index (χ4v) is 1.47. The summed E-state index contributed by atoms with van der Waals surface area (Å²) in [6.07, 6.45) is 0. The molecule has 0 radical (unpaired) electrons. The van der Waals surface area contributed by atoms with Crippen molar-refractivity contribution in [2.24, 2.45) is 0 Å². The largest absolute Gasteiger partial charge is 0.477 e. The van der Waals surface area contributed by atoms with Crippen LogP contribution in [-0.2, 0) is 0 Å². The maximum absolute atomic E-state index is 13.5. The van der Waals surface area contributed by atoms with Crippen molar-refractivity contribution in [3.8, 4) is 11.1 Å². The van der Waals surface area contributed by atoms with E-state index < -0.39 is 29.2 Å². The zero-order chi connectivity index (χ0) is 13.3. The topological polar surface area (TPSA) is 50.2 Å². The highest BCUT2D eigenvalue weighted by atomic mass is 19.2. The van der Waals surface area contributed by atoms with E-state index in [1.165, 1.54) is 12.1 Å². The molecule has 18 heavy (non-hydrogen) atoms. The first-order chi connectivity index (χ1) is 8.50. The first-order valence-corrected chi connectivity index (χ1v) is 4.85. The predicted octanol–water partition coefficient (Wildman–Crippen LogP) is 2.86. The summed E-state index contributed by atoms with van der Waals surface area (Å²) in [5, 5.41) is 8.61. The second-order valence-electron chi connectivity index (χ2n) is 3.44. The molecule has 6 heteroatoms. The Hall–Kier alpha value is -2.37. The SMILES string of the molecule is O=C(O)c1ccc(-c2cccc(F)c2F)c(F)n1. The van der Waals surface area contributed by atoms with Gasteiger partial charge >= 0.3 is 5.97 Å². The van der Waals surface area contributed by atoms with Crippen LogP contribution in [-0.4, -0.2) is 16.1 Å². The van der Waals surface area contributed by atoms with Crippen molar-refractivity contribution in [1.29, 1.82) is 0 Å². The van der Waals surface area contributed by atoms with Crippen LogP contribution in [0.3, 0.4) is 0 Å². The molecule has 1 heterocycles. The predicted molar refractivity (Wildman–Crippen MR) is 56.5 cm³/mol. The molecule has 3 nitrogen and oxygen atoms in total. The van der Waals surface area contributed by atoms with Crippen molar-refractivity contribution in [3.05, 3.63) is 53.6 Å². The van der Waals surface area contributed by atoms with E-state index in [-0.39, 0.29) is 11.1 Å². The van der Waals surface area contributed by atoms with E-state index in [2.05, 4.69) is 4.98 Å². The molecule has 0 fully saturated rings. The number of carboxylic acid groups (broad SMARTS) is 1. The molecular formula is C12H6F3NO2. The molecule has 2 rings (SSSR count). The van der Waals surface area contributed by atoms with E-state index in [4.69, 9.17) is 5.11 Å². The Bertz CT molecular complexity index is 629. The molecule has 1 N–H and O–H groups in total. The van der Waals surface area contributed by atoms with Crippen LogP contribution in [0.15, 0.2) is 30.3 Å². The molecule has 0 atom stereocenters. The summed E-state index contributed by atoms with van der Waals surface area (Å²) in [5.74, 6) is -4.89. The normalized spacial score (nSPS) is 10.4. The monoisotopic (exact) mass is 253 g/mol. The standard InChI is InChI=1S/C12H6F3NO2/c13-8-3-1-2-6(10(8)14)7-4-5-9(12(17)18)16-11(7)15/h1-5H,(H,17,18). The van der Waals surface area contributed by atoms with Crippen molar-refractivity contribution in [1.82, 2.24) is 4.98 Å². The average molecular weight is 253 g/mol. The maximum atomic E-state index is 13.5. The van der Waals surface area contributed by atoms with Crippen LogP contribution >= 0.6 is 0 Å². The van der Waals surface area contributed by atoms with Gasteiger partial charge in [-0.2, -0.15) is 4.39 Å². The number of carbonyl (C=O) groups is 1. The van der Waals surface area contributed by atoms with Crippen LogP contribution < -0.4 is 0 Å². The van der Waals surface area contributed by atoms with Gasteiger partial charge in [-0.3, -0.25) is 0 Å². The number of aromatic carboxylic acids is 1. The Morgan fingerprint density at radius 2 is 1.78 bits per heavy atom. The van der Waals surface area contributed by atoms with E-state index in [1.54, 1.807) is 0 Å². The summed E-state index contributed by atoms with van der Waals surface area (Å²) in [6, 6.07) is 5.36. The average Bonchev–Trinajstić information content (AvgIpc) is 2.33. The number of benzene rings is 1. The molecule has 2 aromatic rings. The maximum Gasteiger partial charge on any atom is 0.354 e. The summed E-state index contributed by atoms with van der Waals surface area (Å²) in [7, 11) is 0. The van der Waals surface area contributed by atoms with Crippen molar-refractivity contribution in [2.45, 2.75) is 0 Å². The molecular weight excluding hydrogens is 247 g/mol. The Labute approximate surface area is 99.5 Å². The molecule has 0 bridgehead atoms. The molecule has 0 aliphatic carbocycles. The van der Waals surface area contributed by atoms with Gasteiger partial charge in [-0.1, -0.05) is 12.1 Å². The van der Waals surface area contributed by atoms with Crippen LogP contribution in [0, 0.1) is 17.6 Å². The minimum absolute atomic E-state index is 0.294. The Morgan fingerprint density at radius 1 is 1.06 bits per heavy atom. The minimum atomic E-state index is -1.40. The Morgan fingerprint density at radius 3 is 2.39 bits per heavy atom. The highest BCUT2D eigenvalue weighted by molar-refractivity contribution is 5.85. The first kappa shape index (κ1) is 12.1. The number of nitrogens with zero attached hydrogens (tertiary/aromatic N) is 1. The zero-order valence-corrected chi connectivity index (χ0v) is 8.82. The van der Waals surface area contributed by atoms with E-state index >= 15 is 0 Å². The van der Waals surface area contributed by atoms with Crippen molar-refractivity contribution < 1.29 is 23.1 Å². The van der Waals surface area contributed by atoms with Gasteiger partial charge in [0.1, 0.15) is 0 Å². The van der Waals surface area contributed by atoms with E-state index in [0.29, 0.717) is 0 Å². The van der Waals surface area contributed by atoms with Gasteiger partial charge in [-0.05, 0) is 18.2 Å². The molecule has 0 unspecified atom stereocenters. The zero-order valence-electron chi connectivity index (χ0n) is 8.82. The summed E-state index contributed by atoms with van der Waals surface area (Å²) in [4.78, 5) is 13.7. The molecule has 92 valence electrons. The van der Waals surface area contributed by atoms with Gasteiger partial charge in [-0.15, -0.1) is 0 Å². The minimum Gasteiger partial charge on any atom is -0.477 e. The quantitative estimate of drug-likeness (QED) is 0.837. The van der Waals surface area contributed by atoms with Crippen molar-refractivity contribution in [2.75, 3.05) is 0 Å². The highest BCUT2D eigenvalue weighted by Crippen LogP contribution is 2.26. The summed E-state index contributed by atoms with van der Waals surface area (Å²) >= 11 is 0. The molecule has 0 amide bonds. The number of aromatic nitrogens is 1. The van der Waals surface area contributed by atoms with Gasteiger partial charge in [0.15, 0.2) is 17.3 Å². The van der Waals surface area contributed by atoms with Gasteiger partial charge in [0.05, 0.1) is 0 Å². The summed E-state index contributed by atoms with van der Waals surface area (Å²) in [6.45, 7) is 0. The van der Waals surface area contributed by atoms with Gasteiger partial charge in [0, 0.05) is 11.1 Å². The van der Waals surface area contributed by atoms with E-state index in [1.807, 2.05) is 0 Å². The van der Waals surface area contributed by atoms with Gasteiger partial charge in [0.2, 0.25) is 5.95 Å². The molecule has 0 spiro atoms. The molecule has 0 saturated heterocycles. The Kier molecular flexibility index (Phi) is 3.01. The molecule has 1 aromatic carbocycles. The number of hydrogen-bond donors (Lipinski definition) is 1. The smallest absolute Gasteiger partial charge is 0.354 e. The van der Waals surface area contributed by atoms with Crippen LogP contribution in [0.4, 0.5) is 13.2 Å². The molecule has 0 aliphatic heterocycles. The Balaban J connectivity index is 2.58. The second-order valence-corrected chi connectivity index (χ2v) is 3.44. The highest BCUT2D eigenvalue weighted by Gasteiger charge is 2.16.